The Bertz CT molecular complexity index is 1500. The van der Waals surface area contributed by atoms with Crippen molar-refractivity contribution in [1.29, 1.82) is 0 Å². The van der Waals surface area contributed by atoms with Crippen molar-refractivity contribution < 1.29 is 30.4 Å². The van der Waals surface area contributed by atoms with Crippen LogP contribution in [0.5, 0.6) is 0 Å². The molecule has 236 valence electrons. The Morgan fingerprint density at radius 3 is 2.05 bits per heavy atom. The summed E-state index contributed by atoms with van der Waals surface area (Å²) in [5, 5.41) is 2.94. The summed E-state index contributed by atoms with van der Waals surface area (Å²) in [4.78, 5) is 17.1. The van der Waals surface area contributed by atoms with Crippen LogP contribution in [0.25, 0.3) is 0 Å². The molecular weight excluding hydrogens is 598 g/mol. The van der Waals surface area contributed by atoms with Gasteiger partial charge in [-0.15, -0.1) is 0 Å². The monoisotopic (exact) mass is 638 g/mol. The van der Waals surface area contributed by atoms with Crippen molar-refractivity contribution in [2.45, 2.75) is 49.0 Å². The van der Waals surface area contributed by atoms with E-state index in [-0.39, 0.29) is 34.7 Å². The van der Waals surface area contributed by atoms with Gasteiger partial charge in [-0.3, -0.25) is 4.90 Å². The van der Waals surface area contributed by atoms with E-state index < -0.39 is 31.5 Å². The smallest absolute Gasteiger partial charge is 0.322 e. The minimum atomic E-state index is -3.33. The van der Waals surface area contributed by atoms with Crippen LogP contribution in [0.2, 0.25) is 0 Å². The van der Waals surface area contributed by atoms with Crippen LogP contribution in [0.1, 0.15) is 43.6 Å². The summed E-state index contributed by atoms with van der Waals surface area (Å²) in [7, 11) is -6.61. The molecule has 9 nitrogen and oxygen atoms in total. The van der Waals surface area contributed by atoms with Crippen LogP contribution in [0.3, 0.4) is 0 Å². The first-order valence-electron chi connectivity index (χ1n) is 14.8. The largest absolute Gasteiger partial charge is 0.336 e. The van der Waals surface area contributed by atoms with Gasteiger partial charge in [-0.05, 0) is 111 Å². The first-order chi connectivity index (χ1) is 20.3. The van der Waals surface area contributed by atoms with Crippen molar-refractivity contribution >= 4 is 31.6 Å². The number of carbonyl (C=O) groups is 1. The third-order valence-electron chi connectivity index (χ3n) is 9.34. The van der Waals surface area contributed by atoms with Crippen molar-refractivity contribution in [3.8, 4) is 0 Å². The molecule has 3 aliphatic rings. The molecule has 0 aliphatic carbocycles. The van der Waals surface area contributed by atoms with Gasteiger partial charge < -0.3 is 10.2 Å². The van der Waals surface area contributed by atoms with Crippen LogP contribution in [0.4, 0.5) is 19.3 Å². The molecular formula is C30H40F2N4O5S2. The predicted octanol–water partition coefficient (Wildman–Crippen LogP) is 3.82. The normalized spacial score (nSPS) is 22.6. The molecule has 0 spiro atoms. The van der Waals surface area contributed by atoms with E-state index in [9.17, 15) is 30.4 Å². The lowest BCUT2D eigenvalue weighted by atomic mass is 9.78. The molecule has 2 aromatic rings. The number of nitrogens with zero attached hydrogens (tertiary/aromatic N) is 3. The number of nitrogens with one attached hydrogen (secondary N) is 1. The third-order valence-corrected chi connectivity index (χ3v) is 11.8. The highest BCUT2D eigenvalue weighted by Gasteiger charge is 2.39. The van der Waals surface area contributed by atoms with Crippen molar-refractivity contribution in [2.24, 2.45) is 11.8 Å². The highest BCUT2D eigenvalue weighted by molar-refractivity contribution is 7.90. The second-order valence-electron chi connectivity index (χ2n) is 12.2. The van der Waals surface area contributed by atoms with Crippen LogP contribution in [-0.4, -0.2) is 89.9 Å². The van der Waals surface area contributed by atoms with E-state index >= 15 is 0 Å². The second kappa shape index (κ2) is 12.8. The molecule has 13 heteroatoms. The number of likely N-dealkylation sites (tertiary alicyclic amines) is 1. The molecule has 0 radical (unpaired) electrons. The molecule has 0 aromatic heterocycles. The maximum atomic E-state index is 14.2. The van der Waals surface area contributed by atoms with Crippen molar-refractivity contribution in [3.05, 3.63) is 59.7 Å². The van der Waals surface area contributed by atoms with Crippen LogP contribution in [0, 0.1) is 23.5 Å². The minimum Gasteiger partial charge on any atom is -0.336 e. The zero-order valence-corrected chi connectivity index (χ0v) is 26.2. The van der Waals surface area contributed by atoms with Gasteiger partial charge in [0, 0.05) is 37.6 Å². The Balaban J connectivity index is 1.22. The standard InChI is InChI=1S/C30H40F2N4O5S2/c1-42(38,39)27-5-3-26(4-6-27)36-29(20-33-30(36)37)22-7-12-34(13-8-22)14-11-28(23-17-24(31)19-25(32)18-23)21-9-15-35(16-10-21)43(2,40)41/h3-6,17-19,21-22,28-29H,7-16,20H2,1-2H3,(H,33,37)/t28-,29?/m1/s1. The number of sulfone groups is 1. The zero-order valence-electron chi connectivity index (χ0n) is 24.6. The number of piperidine rings is 2. The highest BCUT2D eigenvalue weighted by atomic mass is 32.2. The van der Waals surface area contributed by atoms with Gasteiger partial charge in [0.15, 0.2) is 9.84 Å². The van der Waals surface area contributed by atoms with E-state index in [0.29, 0.717) is 50.1 Å². The lowest BCUT2D eigenvalue weighted by Crippen LogP contribution is -2.45. The zero-order chi connectivity index (χ0) is 30.9. The van der Waals surface area contributed by atoms with Gasteiger partial charge in [-0.2, -0.15) is 0 Å². The van der Waals surface area contributed by atoms with E-state index in [1.54, 1.807) is 17.0 Å². The summed E-state index contributed by atoms with van der Waals surface area (Å²) >= 11 is 0. The molecule has 43 heavy (non-hydrogen) atoms. The van der Waals surface area contributed by atoms with Crippen molar-refractivity contribution in [2.75, 3.05) is 56.7 Å². The molecule has 2 aromatic carbocycles. The van der Waals surface area contributed by atoms with Gasteiger partial charge in [0.1, 0.15) is 11.6 Å². The lowest BCUT2D eigenvalue weighted by molar-refractivity contribution is 0.156. The van der Waals surface area contributed by atoms with Gasteiger partial charge in [-0.1, -0.05) is 0 Å². The molecule has 0 saturated carbocycles. The van der Waals surface area contributed by atoms with Gasteiger partial charge >= 0.3 is 6.03 Å². The molecule has 3 fully saturated rings. The third kappa shape index (κ3) is 7.55. The topological polar surface area (TPSA) is 107 Å². The summed E-state index contributed by atoms with van der Waals surface area (Å²) in [6.45, 7) is 3.74. The fourth-order valence-electron chi connectivity index (χ4n) is 7.02. The van der Waals surface area contributed by atoms with Crippen molar-refractivity contribution in [3.63, 3.8) is 0 Å². The number of sulfonamides is 1. The van der Waals surface area contributed by atoms with E-state index in [0.717, 1.165) is 44.8 Å². The molecule has 1 N–H and O–H groups in total. The molecule has 0 bridgehead atoms. The van der Waals surface area contributed by atoms with E-state index in [1.807, 2.05) is 0 Å². The van der Waals surface area contributed by atoms with Gasteiger partial charge in [0.25, 0.3) is 0 Å². The average molecular weight is 639 g/mol. The Morgan fingerprint density at radius 1 is 0.884 bits per heavy atom. The highest BCUT2D eigenvalue weighted by Crippen LogP contribution is 2.37. The minimum absolute atomic E-state index is 0.0400. The molecule has 2 amide bonds. The number of hydrogen-bond donors (Lipinski definition) is 1. The number of rotatable bonds is 9. The number of benzene rings is 2. The lowest BCUT2D eigenvalue weighted by Gasteiger charge is -2.39. The van der Waals surface area contributed by atoms with E-state index in [1.165, 1.54) is 34.8 Å². The first kappa shape index (κ1) is 31.8. The quantitative estimate of drug-likeness (QED) is 0.448. The van der Waals surface area contributed by atoms with Crippen molar-refractivity contribution in [1.82, 2.24) is 14.5 Å². The van der Waals surface area contributed by atoms with E-state index in [2.05, 4.69) is 10.2 Å². The van der Waals surface area contributed by atoms with Crippen LogP contribution >= 0.6 is 0 Å². The molecule has 5 rings (SSSR count). The second-order valence-corrected chi connectivity index (χ2v) is 16.2. The Labute approximate surface area is 253 Å². The van der Waals surface area contributed by atoms with Gasteiger partial charge in [-0.25, -0.2) is 34.7 Å². The number of urea groups is 1. The first-order valence-corrected chi connectivity index (χ1v) is 18.5. The summed E-state index contributed by atoms with van der Waals surface area (Å²) in [5.74, 6) is -0.922. The Hall–Kier alpha value is -2.61. The number of amides is 2. The summed E-state index contributed by atoms with van der Waals surface area (Å²) in [6, 6.07) is 9.88. The maximum absolute atomic E-state index is 14.2. The van der Waals surface area contributed by atoms with Gasteiger partial charge in [0.2, 0.25) is 10.0 Å². The molecule has 3 saturated heterocycles. The Kier molecular flexibility index (Phi) is 9.45. The number of anilines is 1. The fraction of sp³-hybridized carbons (Fsp3) is 0.567. The summed E-state index contributed by atoms with van der Waals surface area (Å²) in [6.07, 6.45) is 6.11. The fourth-order valence-corrected chi connectivity index (χ4v) is 8.52. The van der Waals surface area contributed by atoms with Crippen LogP contribution in [0.15, 0.2) is 47.4 Å². The molecule has 3 heterocycles. The predicted molar refractivity (Wildman–Crippen MR) is 161 cm³/mol. The molecule has 2 atom stereocenters. The summed E-state index contributed by atoms with van der Waals surface area (Å²) in [5.41, 5.74) is 1.29. The summed E-state index contributed by atoms with van der Waals surface area (Å²) < 4.78 is 77.7. The Morgan fingerprint density at radius 2 is 1.49 bits per heavy atom. The molecule has 1 unspecified atom stereocenters. The number of halogens is 2. The van der Waals surface area contributed by atoms with E-state index in [4.69, 9.17) is 0 Å². The average Bonchev–Trinajstić information content (AvgIpc) is 3.33. The van der Waals surface area contributed by atoms with Gasteiger partial charge in [0.05, 0.1) is 17.2 Å². The van der Waals surface area contributed by atoms with Crippen LogP contribution in [-0.2, 0) is 19.9 Å². The number of carbonyl (C=O) groups excluding carboxylic acids is 1. The number of hydrogen-bond acceptors (Lipinski definition) is 6. The SMILES string of the molecule is CS(=O)(=O)c1ccc(N2C(=O)NCC2C2CCN(CC[C@@H](c3cc(F)cc(F)c3)C3CCN(S(C)(=O)=O)CC3)CC2)cc1. The maximum Gasteiger partial charge on any atom is 0.322 e. The molecule has 3 aliphatic heterocycles. The van der Waals surface area contributed by atoms with Crippen LogP contribution < -0.4 is 10.2 Å².